The zero-order valence-corrected chi connectivity index (χ0v) is 11.6. The van der Waals surface area contributed by atoms with Crippen molar-refractivity contribution in [3.05, 3.63) is 0 Å². The molecule has 1 aliphatic rings. The number of carbonyl (C=O) groups excluding carboxylic acids is 1. The zero-order valence-electron chi connectivity index (χ0n) is 10.7. The van der Waals surface area contributed by atoms with Gasteiger partial charge in [0.15, 0.2) is 0 Å². The first-order valence-corrected chi connectivity index (χ1v) is 7.80. The van der Waals surface area contributed by atoms with E-state index in [4.69, 9.17) is 13.8 Å². The van der Waals surface area contributed by atoms with Gasteiger partial charge in [-0.05, 0) is 33.6 Å². The quantitative estimate of drug-likeness (QED) is 0.498. The second-order valence-corrected chi connectivity index (χ2v) is 6.16. The van der Waals surface area contributed by atoms with Crippen LogP contribution in [0, 0.1) is 5.41 Å². The van der Waals surface area contributed by atoms with E-state index in [1.165, 1.54) is 0 Å². The molecule has 0 aromatic rings. The molecule has 0 N–H and O–H groups in total. The smallest absolute Gasteiger partial charge is 0.331 e. The van der Waals surface area contributed by atoms with Gasteiger partial charge in [-0.2, -0.15) is 0 Å². The molecule has 1 fully saturated rings. The predicted octanol–water partition coefficient (Wildman–Crippen LogP) is 2.60. The number of rotatable bonds is 8. The Balaban J connectivity index is 2.67. The van der Waals surface area contributed by atoms with E-state index in [1.807, 2.05) is 0 Å². The molecule has 0 atom stereocenters. The lowest BCUT2D eigenvalue weighted by Crippen LogP contribution is -2.24. The molecule has 0 unspecified atom stereocenters. The lowest BCUT2D eigenvalue weighted by molar-refractivity contribution is -0.148. The molecule has 0 bridgehead atoms. The summed E-state index contributed by atoms with van der Waals surface area (Å²) < 4.78 is 27.7. The maximum atomic E-state index is 12.3. The molecule has 0 spiro atoms. The van der Waals surface area contributed by atoms with E-state index in [0.29, 0.717) is 32.7 Å². The number of ether oxygens (including phenoxy) is 1. The topological polar surface area (TPSA) is 61.8 Å². The number of esters is 1. The van der Waals surface area contributed by atoms with Crippen LogP contribution in [0.3, 0.4) is 0 Å². The van der Waals surface area contributed by atoms with E-state index < -0.39 is 13.0 Å². The zero-order chi connectivity index (χ0) is 12.9. The summed E-state index contributed by atoms with van der Waals surface area (Å²) in [5.74, 6) is -0.278. The Morgan fingerprint density at radius 3 is 2.00 bits per heavy atom. The SMILES string of the molecule is CCOC(=O)C1(CP(=O)(OCC)OCC)CC1. The number of carbonyl (C=O) groups is 1. The van der Waals surface area contributed by atoms with E-state index in [-0.39, 0.29) is 12.1 Å². The molecule has 6 heteroatoms. The van der Waals surface area contributed by atoms with Crippen LogP contribution in [0.5, 0.6) is 0 Å². The first-order chi connectivity index (χ1) is 8.02. The molecule has 0 amide bonds. The summed E-state index contributed by atoms with van der Waals surface area (Å²) in [6.45, 7) is 6.25. The molecule has 0 radical (unpaired) electrons. The summed E-state index contributed by atoms with van der Waals surface area (Å²) in [4.78, 5) is 11.8. The second-order valence-electron chi connectivity index (χ2n) is 4.11. The van der Waals surface area contributed by atoms with Gasteiger partial charge in [0.25, 0.3) is 0 Å². The van der Waals surface area contributed by atoms with Crippen LogP contribution in [0.1, 0.15) is 33.6 Å². The lowest BCUT2D eigenvalue weighted by Gasteiger charge is -2.21. The van der Waals surface area contributed by atoms with Crippen LogP contribution in [0.25, 0.3) is 0 Å². The summed E-state index contributed by atoms with van der Waals surface area (Å²) >= 11 is 0. The highest BCUT2D eigenvalue weighted by Crippen LogP contribution is 2.60. The molecule has 17 heavy (non-hydrogen) atoms. The average molecular weight is 264 g/mol. The third-order valence-electron chi connectivity index (χ3n) is 2.71. The van der Waals surface area contributed by atoms with Crippen molar-refractivity contribution in [2.24, 2.45) is 5.41 Å². The molecule has 0 aromatic carbocycles. The van der Waals surface area contributed by atoms with Gasteiger partial charge < -0.3 is 13.8 Å². The van der Waals surface area contributed by atoms with Crippen molar-refractivity contribution in [3.63, 3.8) is 0 Å². The third-order valence-corrected chi connectivity index (χ3v) is 5.01. The monoisotopic (exact) mass is 264 g/mol. The van der Waals surface area contributed by atoms with Crippen molar-refractivity contribution in [2.75, 3.05) is 26.0 Å². The van der Waals surface area contributed by atoms with Crippen molar-refractivity contribution < 1.29 is 23.1 Å². The summed E-state index contributed by atoms with van der Waals surface area (Å²) in [6, 6.07) is 0. The fraction of sp³-hybridized carbons (Fsp3) is 0.909. The maximum absolute atomic E-state index is 12.3. The van der Waals surface area contributed by atoms with Crippen LogP contribution in [0.2, 0.25) is 0 Å². The summed E-state index contributed by atoms with van der Waals surface area (Å²) in [5.41, 5.74) is -0.629. The molecule has 5 nitrogen and oxygen atoms in total. The highest BCUT2D eigenvalue weighted by Gasteiger charge is 2.56. The van der Waals surface area contributed by atoms with Gasteiger partial charge >= 0.3 is 13.6 Å². The van der Waals surface area contributed by atoms with Gasteiger partial charge in [0.1, 0.15) is 0 Å². The second kappa shape index (κ2) is 5.98. The van der Waals surface area contributed by atoms with E-state index in [9.17, 15) is 9.36 Å². The van der Waals surface area contributed by atoms with E-state index >= 15 is 0 Å². The van der Waals surface area contributed by atoms with Gasteiger partial charge in [-0.15, -0.1) is 0 Å². The summed E-state index contributed by atoms with van der Waals surface area (Å²) in [6.07, 6.45) is 1.55. The normalized spacial score (nSPS) is 17.8. The standard InChI is InChI=1S/C11H21O5P/c1-4-14-10(12)11(7-8-11)9-17(13,15-5-2)16-6-3/h4-9H2,1-3H3. The van der Waals surface area contributed by atoms with E-state index in [0.717, 1.165) is 0 Å². The Labute approximate surface area is 102 Å². The third kappa shape index (κ3) is 3.80. The van der Waals surface area contributed by atoms with Gasteiger partial charge in [-0.25, -0.2) is 0 Å². The Morgan fingerprint density at radius 1 is 1.12 bits per heavy atom. The summed E-state index contributed by atoms with van der Waals surface area (Å²) in [5, 5.41) is 0. The predicted molar refractivity (Wildman–Crippen MR) is 64.0 cm³/mol. The van der Waals surface area contributed by atoms with Crippen LogP contribution in [-0.4, -0.2) is 32.0 Å². The molecule has 0 saturated heterocycles. The van der Waals surface area contributed by atoms with Crippen molar-refractivity contribution >= 4 is 13.6 Å². The lowest BCUT2D eigenvalue weighted by atomic mass is 10.1. The Kier molecular flexibility index (Phi) is 5.17. The molecular formula is C11H21O5P. The Bertz CT molecular complexity index is 301. The largest absolute Gasteiger partial charge is 0.466 e. The minimum Gasteiger partial charge on any atom is -0.466 e. The van der Waals surface area contributed by atoms with Crippen LogP contribution >= 0.6 is 7.60 Å². The Morgan fingerprint density at radius 2 is 1.65 bits per heavy atom. The highest BCUT2D eigenvalue weighted by atomic mass is 31.2. The van der Waals surface area contributed by atoms with Crippen LogP contribution < -0.4 is 0 Å². The molecule has 0 aliphatic heterocycles. The molecule has 1 aliphatic carbocycles. The van der Waals surface area contributed by atoms with Crippen LogP contribution in [0.15, 0.2) is 0 Å². The van der Waals surface area contributed by atoms with E-state index in [1.54, 1.807) is 20.8 Å². The molecule has 0 heterocycles. The molecule has 0 aromatic heterocycles. The van der Waals surface area contributed by atoms with E-state index in [2.05, 4.69) is 0 Å². The Hall–Kier alpha value is -0.380. The van der Waals surface area contributed by atoms with Crippen molar-refractivity contribution in [2.45, 2.75) is 33.6 Å². The van der Waals surface area contributed by atoms with Crippen LogP contribution in [-0.2, 0) is 23.1 Å². The van der Waals surface area contributed by atoms with Gasteiger partial charge in [-0.3, -0.25) is 9.36 Å². The number of hydrogen-bond acceptors (Lipinski definition) is 5. The first-order valence-electron chi connectivity index (χ1n) is 6.07. The van der Waals surface area contributed by atoms with Crippen molar-refractivity contribution in [1.29, 1.82) is 0 Å². The molecule has 100 valence electrons. The molecule has 1 rings (SSSR count). The van der Waals surface area contributed by atoms with Crippen molar-refractivity contribution in [1.82, 2.24) is 0 Å². The fourth-order valence-corrected chi connectivity index (χ4v) is 3.99. The highest BCUT2D eigenvalue weighted by molar-refractivity contribution is 7.54. The summed E-state index contributed by atoms with van der Waals surface area (Å²) in [7, 11) is -3.16. The average Bonchev–Trinajstić information content (AvgIpc) is 2.99. The van der Waals surface area contributed by atoms with Crippen LogP contribution in [0.4, 0.5) is 0 Å². The maximum Gasteiger partial charge on any atom is 0.331 e. The first kappa shape index (κ1) is 14.7. The number of hydrogen-bond donors (Lipinski definition) is 0. The molecule has 1 saturated carbocycles. The minimum absolute atomic E-state index is 0.139. The fourth-order valence-electron chi connectivity index (χ4n) is 1.75. The van der Waals surface area contributed by atoms with Gasteiger partial charge in [0, 0.05) is 0 Å². The molecular weight excluding hydrogens is 243 g/mol. The van der Waals surface area contributed by atoms with Crippen molar-refractivity contribution in [3.8, 4) is 0 Å². The van der Waals surface area contributed by atoms with Gasteiger partial charge in [0.2, 0.25) is 0 Å². The van der Waals surface area contributed by atoms with Gasteiger partial charge in [-0.1, -0.05) is 0 Å². The minimum atomic E-state index is -3.16. The van der Waals surface area contributed by atoms with Gasteiger partial charge in [0.05, 0.1) is 31.4 Å².